The van der Waals surface area contributed by atoms with Gasteiger partial charge in [0.25, 0.3) is 11.4 Å². The number of nitro benzene ring substituents is 2. The Bertz CT molecular complexity index is 872. The minimum atomic E-state index is -0.797. The van der Waals surface area contributed by atoms with Crippen molar-refractivity contribution in [1.29, 1.82) is 0 Å². The minimum absolute atomic E-state index is 0.0837. The molecule has 0 aliphatic carbocycles. The fourth-order valence-electron chi connectivity index (χ4n) is 1.63. The average molecular weight is 360 g/mol. The van der Waals surface area contributed by atoms with Gasteiger partial charge in [-0.1, -0.05) is 6.07 Å². The van der Waals surface area contributed by atoms with Crippen LogP contribution in [0, 0.1) is 33.0 Å². The van der Waals surface area contributed by atoms with Gasteiger partial charge in [-0.2, -0.15) is 9.98 Å². The van der Waals surface area contributed by atoms with Crippen LogP contribution in [0.15, 0.2) is 46.4 Å². The zero-order chi connectivity index (χ0) is 19.7. The number of hydrogen-bond donors (Lipinski definition) is 0. The third-order valence-electron chi connectivity index (χ3n) is 2.88. The van der Waals surface area contributed by atoms with E-state index in [-0.39, 0.29) is 22.7 Å². The largest absolute Gasteiger partial charge is 0.271 e. The molecule has 0 bridgehead atoms. The first kappa shape index (κ1) is 20.0. The lowest BCUT2D eigenvalue weighted by molar-refractivity contribution is -0.385. The van der Waals surface area contributed by atoms with Gasteiger partial charge in [0.05, 0.1) is 15.5 Å². The Kier molecular flexibility index (Phi) is 7.13. The van der Waals surface area contributed by atoms with Crippen molar-refractivity contribution >= 4 is 34.9 Å². The van der Waals surface area contributed by atoms with Gasteiger partial charge in [-0.05, 0) is 18.6 Å². The molecule has 0 unspecified atom stereocenters. The van der Waals surface area contributed by atoms with Crippen LogP contribution in [0.4, 0.5) is 27.1 Å². The van der Waals surface area contributed by atoms with Crippen molar-refractivity contribution in [2.45, 2.75) is 6.92 Å². The van der Waals surface area contributed by atoms with E-state index in [9.17, 15) is 34.2 Å². The van der Waals surface area contributed by atoms with E-state index >= 15 is 0 Å². The summed E-state index contributed by atoms with van der Waals surface area (Å²) < 4.78 is 12.7. The number of hydrogen-bond acceptors (Lipinski definition) is 8. The zero-order valence-electron chi connectivity index (χ0n) is 13.1. The summed E-state index contributed by atoms with van der Waals surface area (Å²) in [4.78, 5) is 45.3. The molecule has 132 valence electrons. The molecule has 2 aromatic carbocycles. The summed E-state index contributed by atoms with van der Waals surface area (Å²) >= 11 is 0. The fourth-order valence-corrected chi connectivity index (χ4v) is 1.63. The monoisotopic (exact) mass is 360 g/mol. The van der Waals surface area contributed by atoms with Crippen LogP contribution in [0.25, 0.3) is 0 Å². The maximum Gasteiger partial charge on any atom is 0.271 e. The molecule has 0 N–H and O–H groups in total. The first-order valence-corrected chi connectivity index (χ1v) is 6.65. The van der Waals surface area contributed by atoms with Crippen LogP contribution >= 0.6 is 0 Å². The fraction of sp³-hybridized carbons (Fsp3) is 0.0667. The quantitative estimate of drug-likeness (QED) is 0.352. The standard InChI is InChI=1S/C8H6N2O3.C7H3FN2O3/c1-6-2-3-7(10(12)13)4-8(6)9-5-11;8-6-2-1-5(10(12)13)3-7(6)9-4-11/h2-4H,1H3;1-3H. The maximum atomic E-state index is 12.7. The lowest BCUT2D eigenvalue weighted by Crippen LogP contribution is -1.87. The number of non-ortho nitro benzene ring substituents is 2. The van der Waals surface area contributed by atoms with Crippen molar-refractivity contribution in [1.82, 2.24) is 0 Å². The molecule has 0 fully saturated rings. The highest BCUT2D eigenvalue weighted by Crippen LogP contribution is 2.24. The van der Waals surface area contributed by atoms with E-state index in [0.29, 0.717) is 5.56 Å². The average Bonchev–Trinajstić information content (AvgIpc) is 2.59. The van der Waals surface area contributed by atoms with Gasteiger partial charge >= 0.3 is 0 Å². The first-order valence-electron chi connectivity index (χ1n) is 6.65. The van der Waals surface area contributed by atoms with Crippen LogP contribution in [0.1, 0.15) is 5.56 Å². The molecule has 11 heteroatoms. The molecule has 0 aliphatic heterocycles. The van der Waals surface area contributed by atoms with Crippen LogP contribution in [-0.4, -0.2) is 22.0 Å². The molecule has 0 heterocycles. The number of isocyanates is 2. The van der Waals surface area contributed by atoms with Crippen molar-refractivity contribution < 1.29 is 23.8 Å². The second kappa shape index (κ2) is 9.28. The smallest absolute Gasteiger partial charge is 0.258 e. The van der Waals surface area contributed by atoms with Gasteiger partial charge < -0.3 is 0 Å². The number of benzene rings is 2. The minimum Gasteiger partial charge on any atom is -0.258 e. The van der Waals surface area contributed by atoms with Gasteiger partial charge in [-0.3, -0.25) is 20.2 Å². The van der Waals surface area contributed by atoms with Crippen LogP contribution in [-0.2, 0) is 9.59 Å². The first-order chi connectivity index (χ1) is 12.3. The van der Waals surface area contributed by atoms with Crippen LogP contribution in [0.5, 0.6) is 0 Å². The van der Waals surface area contributed by atoms with E-state index in [1.54, 1.807) is 6.92 Å². The molecule has 26 heavy (non-hydrogen) atoms. The Labute approximate surface area is 144 Å². The van der Waals surface area contributed by atoms with Gasteiger partial charge in [0.1, 0.15) is 11.5 Å². The van der Waals surface area contributed by atoms with Crippen molar-refractivity contribution in [3.05, 3.63) is 68.0 Å². The Hall–Kier alpha value is -4.07. The highest BCUT2D eigenvalue weighted by atomic mass is 19.1. The highest BCUT2D eigenvalue weighted by Gasteiger charge is 2.09. The van der Waals surface area contributed by atoms with Gasteiger partial charge in [0, 0.05) is 24.3 Å². The Morgan fingerprint density at radius 2 is 1.35 bits per heavy atom. The van der Waals surface area contributed by atoms with Crippen molar-refractivity contribution in [2.24, 2.45) is 9.98 Å². The van der Waals surface area contributed by atoms with Gasteiger partial charge in [-0.25, -0.2) is 14.0 Å². The summed E-state index contributed by atoms with van der Waals surface area (Å²) in [6.45, 7) is 1.71. The molecule has 0 saturated carbocycles. The third kappa shape index (κ3) is 5.53. The zero-order valence-corrected chi connectivity index (χ0v) is 13.1. The van der Waals surface area contributed by atoms with Gasteiger partial charge in [0.15, 0.2) is 0 Å². The summed E-state index contributed by atoms with van der Waals surface area (Å²) in [5.74, 6) is -0.797. The molecule has 0 spiro atoms. The summed E-state index contributed by atoms with van der Waals surface area (Å²) in [6.07, 6.45) is 2.45. The predicted molar refractivity (Wildman–Crippen MR) is 86.5 cm³/mol. The van der Waals surface area contributed by atoms with Gasteiger partial charge in [0.2, 0.25) is 12.2 Å². The molecule has 0 aliphatic rings. The number of aryl methyl sites for hydroxylation is 1. The Morgan fingerprint density at radius 3 is 1.85 bits per heavy atom. The second-order valence-corrected chi connectivity index (χ2v) is 4.53. The number of nitrogens with zero attached hydrogens (tertiary/aromatic N) is 4. The molecular weight excluding hydrogens is 351 g/mol. The maximum absolute atomic E-state index is 12.7. The number of halogens is 1. The van der Waals surface area contributed by atoms with E-state index < -0.39 is 15.7 Å². The summed E-state index contributed by atoms with van der Waals surface area (Å²) in [5.41, 5.74) is 0.192. The van der Waals surface area contributed by atoms with Crippen molar-refractivity contribution in [3.8, 4) is 0 Å². The van der Waals surface area contributed by atoms with Crippen LogP contribution in [0.2, 0.25) is 0 Å². The molecule has 0 atom stereocenters. The molecule has 0 saturated heterocycles. The molecule has 2 aromatic rings. The van der Waals surface area contributed by atoms with Crippen molar-refractivity contribution in [3.63, 3.8) is 0 Å². The van der Waals surface area contributed by atoms with Crippen LogP contribution < -0.4 is 0 Å². The lowest BCUT2D eigenvalue weighted by atomic mass is 10.2. The molecule has 0 radical (unpaired) electrons. The number of aliphatic imine (C=N–C) groups is 2. The van der Waals surface area contributed by atoms with E-state index in [2.05, 4.69) is 9.98 Å². The molecule has 10 nitrogen and oxygen atoms in total. The third-order valence-corrected chi connectivity index (χ3v) is 2.88. The number of rotatable bonds is 4. The van der Waals surface area contributed by atoms with E-state index in [1.165, 1.54) is 24.3 Å². The second-order valence-electron chi connectivity index (χ2n) is 4.53. The Morgan fingerprint density at radius 1 is 0.885 bits per heavy atom. The molecule has 0 aromatic heterocycles. The summed E-state index contributed by atoms with van der Waals surface area (Å²) in [7, 11) is 0. The van der Waals surface area contributed by atoms with Crippen LogP contribution in [0.3, 0.4) is 0 Å². The number of carbonyl (C=O) groups excluding carboxylic acids is 2. The van der Waals surface area contributed by atoms with Gasteiger partial charge in [-0.15, -0.1) is 0 Å². The van der Waals surface area contributed by atoms with E-state index in [4.69, 9.17) is 0 Å². The van der Waals surface area contributed by atoms with E-state index in [1.807, 2.05) is 0 Å². The van der Waals surface area contributed by atoms with E-state index in [0.717, 1.165) is 24.3 Å². The summed E-state index contributed by atoms with van der Waals surface area (Å²) in [5, 5.41) is 20.5. The normalized spacial score (nSPS) is 9.00. The SMILES string of the molecule is Cc1ccc([N+](=O)[O-])cc1N=C=O.O=C=Nc1cc([N+](=O)[O-])ccc1F. The van der Waals surface area contributed by atoms with Crippen molar-refractivity contribution in [2.75, 3.05) is 0 Å². The topological polar surface area (TPSA) is 145 Å². The summed E-state index contributed by atoms with van der Waals surface area (Å²) in [6, 6.07) is 6.85. The number of nitro groups is 2. The predicted octanol–water partition coefficient (Wildman–Crippen LogP) is 3.57. The molecule has 0 amide bonds. The molecule has 2 rings (SSSR count). The molecular formula is C15H9FN4O6. The Balaban J connectivity index is 0.000000260. The lowest BCUT2D eigenvalue weighted by Gasteiger charge is -1.96. The highest BCUT2D eigenvalue weighted by molar-refractivity contribution is 5.57.